The summed E-state index contributed by atoms with van der Waals surface area (Å²) < 4.78 is 0. The zero-order valence-electron chi connectivity index (χ0n) is 10.9. The second kappa shape index (κ2) is 4.82. The highest BCUT2D eigenvalue weighted by atomic mass is 14.6. The number of rotatable bonds is 2. The van der Waals surface area contributed by atoms with E-state index in [0.29, 0.717) is 0 Å². The van der Waals surface area contributed by atoms with E-state index in [4.69, 9.17) is 5.73 Å². The Labute approximate surface area is 112 Å². The van der Waals surface area contributed by atoms with Gasteiger partial charge in [-0.05, 0) is 36.2 Å². The molecule has 19 heavy (non-hydrogen) atoms. The molecule has 2 N–H and O–H groups in total. The summed E-state index contributed by atoms with van der Waals surface area (Å²) in [5.41, 5.74) is 10.4. The molecule has 1 unspecified atom stereocenters. The Balaban J connectivity index is 2.11. The first-order chi connectivity index (χ1) is 9.24. The Kier molecular flexibility index (Phi) is 3.02. The van der Waals surface area contributed by atoms with Gasteiger partial charge in [0.15, 0.2) is 0 Å². The van der Waals surface area contributed by atoms with Crippen molar-refractivity contribution in [1.29, 1.82) is 0 Å². The molecule has 3 rings (SSSR count). The normalized spacial score (nSPS) is 12.5. The van der Waals surface area contributed by atoms with Crippen molar-refractivity contribution in [2.24, 2.45) is 5.73 Å². The Morgan fingerprint density at radius 2 is 1.79 bits per heavy atom. The molecule has 0 saturated carbocycles. The van der Waals surface area contributed by atoms with Gasteiger partial charge in [0, 0.05) is 23.2 Å². The minimum Gasteiger partial charge on any atom is -0.324 e. The zero-order valence-corrected chi connectivity index (χ0v) is 10.9. The van der Waals surface area contributed by atoms with E-state index in [1.165, 1.54) is 0 Å². The number of hydrogen-bond donors (Lipinski definition) is 1. The summed E-state index contributed by atoms with van der Waals surface area (Å²) in [6, 6.07) is 18.7. The second-order valence-corrected chi connectivity index (χ2v) is 4.83. The van der Waals surface area contributed by atoms with Crippen molar-refractivity contribution < 1.29 is 0 Å². The fourth-order valence-corrected chi connectivity index (χ4v) is 2.23. The third-order valence-electron chi connectivity index (χ3n) is 3.34. The lowest BCUT2D eigenvalue weighted by Gasteiger charge is -2.09. The predicted molar refractivity (Wildman–Crippen MR) is 79.8 cm³/mol. The zero-order chi connectivity index (χ0) is 13.2. The molecule has 1 atom stereocenters. The van der Waals surface area contributed by atoms with E-state index in [1.54, 1.807) is 0 Å². The summed E-state index contributed by atoms with van der Waals surface area (Å²) in [7, 11) is 0. The molecule has 0 saturated heterocycles. The highest BCUT2D eigenvalue weighted by molar-refractivity contribution is 5.83. The number of para-hydroxylation sites is 1. The molecule has 0 bridgehead atoms. The average Bonchev–Trinajstić information content (AvgIpc) is 2.47. The van der Waals surface area contributed by atoms with Gasteiger partial charge in [-0.15, -0.1) is 0 Å². The molecule has 2 heteroatoms. The van der Waals surface area contributed by atoms with Gasteiger partial charge in [-0.1, -0.05) is 36.4 Å². The molecule has 94 valence electrons. The maximum absolute atomic E-state index is 5.94. The lowest BCUT2D eigenvalue weighted by molar-refractivity contribution is 0.819. The number of benzene rings is 2. The van der Waals surface area contributed by atoms with Crippen LogP contribution in [-0.2, 0) is 0 Å². The van der Waals surface area contributed by atoms with Crippen molar-refractivity contribution in [2.45, 2.75) is 13.0 Å². The summed E-state index contributed by atoms with van der Waals surface area (Å²) in [6.07, 6.45) is 1.92. The minimum absolute atomic E-state index is 0.0494. The van der Waals surface area contributed by atoms with Crippen LogP contribution in [0, 0.1) is 0 Å². The summed E-state index contributed by atoms with van der Waals surface area (Å²) in [5.74, 6) is 0. The van der Waals surface area contributed by atoms with Crippen LogP contribution in [-0.4, -0.2) is 4.98 Å². The molecule has 0 fully saturated rings. The first-order valence-corrected chi connectivity index (χ1v) is 6.45. The Bertz CT molecular complexity index is 717. The number of nitrogens with two attached hydrogens (primary N) is 1. The highest BCUT2D eigenvalue weighted by Gasteiger charge is 2.04. The van der Waals surface area contributed by atoms with E-state index >= 15 is 0 Å². The molecular weight excluding hydrogens is 232 g/mol. The van der Waals surface area contributed by atoms with Gasteiger partial charge in [0.25, 0.3) is 0 Å². The predicted octanol–water partition coefficient (Wildman–Crippen LogP) is 3.92. The Morgan fingerprint density at radius 3 is 2.63 bits per heavy atom. The molecule has 3 aromatic rings. The average molecular weight is 248 g/mol. The van der Waals surface area contributed by atoms with Crippen LogP contribution >= 0.6 is 0 Å². The maximum Gasteiger partial charge on any atom is 0.0702 e. The monoisotopic (exact) mass is 248 g/mol. The summed E-state index contributed by atoms with van der Waals surface area (Å²) in [6.45, 7) is 2.00. The topological polar surface area (TPSA) is 38.9 Å². The second-order valence-electron chi connectivity index (χ2n) is 4.83. The molecule has 0 aliphatic carbocycles. The van der Waals surface area contributed by atoms with Gasteiger partial charge in [-0.2, -0.15) is 0 Å². The first kappa shape index (κ1) is 11.9. The van der Waals surface area contributed by atoms with Crippen molar-refractivity contribution in [3.63, 3.8) is 0 Å². The van der Waals surface area contributed by atoms with Gasteiger partial charge in [0.05, 0.1) is 5.52 Å². The fourth-order valence-electron chi connectivity index (χ4n) is 2.23. The molecule has 0 aliphatic rings. The third kappa shape index (κ3) is 2.35. The minimum atomic E-state index is 0.0494. The van der Waals surface area contributed by atoms with Gasteiger partial charge in [-0.3, -0.25) is 4.98 Å². The van der Waals surface area contributed by atoms with Crippen molar-refractivity contribution in [3.05, 3.63) is 66.4 Å². The molecule has 1 aromatic heterocycles. The summed E-state index contributed by atoms with van der Waals surface area (Å²) >= 11 is 0. The molecule has 0 aliphatic heterocycles. The van der Waals surface area contributed by atoms with Crippen LogP contribution in [0.3, 0.4) is 0 Å². The number of fused-ring (bicyclic) bond motifs is 1. The molecule has 2 aromatic carbocycles. The Morgan fingerprint density at radius 1 is 0.947 bits per heavy atom. The highest BCUT2D eigenvalue weighted by Crippen LogP contribution is 2.24. The van der Waals surface area contributed by atoms with Crippen LogP contribution in [0.25, 0.3) is 22.0 Å². The van der Waals surface area contributed by atoms with Crippen LogP contribution < -0.4 is 5.73 Å². The van der Waals surface area contributed by atoms with Crippen LogP contribution in [0.5, 0.6) is 0 Å². The van der Waals surface area contributed by atoms with Crippen LogP contribution in [0.4, 0.5) is 0 Å². The molecule has 2 nitrogen and oxygen atoms in total. The van der Waals surface area contributed by atoms with Crippen molar-refractivity contribution in [1.82, 2.24) is 4.98 Å². The first-order valence-electron chi connectivity index (χ1n) is 6.45. The van der Waals surface area contributed by atoms with Crippen molar-refractivity contribution in [2.75, 3.05) is 0 Å². The van der Waals surface area contributed by atoms with E-state index in [0.717, 1.165) is 27.6 Å². The van der Waals surface area contributed by atoms with E-state index in [2.05, 4.69) is 35.3 Å². The largest absolute Gasteiger partial charge is 0.324 e. The van der Waals surface area contributed by atoms with E-state index < -0.39 is 0 Å². The van der Waals surface area contributed by atoms with Crippen LogP contribution in [0.2, 0.25) is 0 Å². The van der Waals surface area contributed by atoms with Gasteiger partial charge in [0.1, 0.15) is 0 Å². The van der Waals surface area contributed by atoms with Gasteiger partial charge >= 0.3 is 0 Å². The smallest absolute Gasteiger partial charge is 0.0702 e. The van der Waals surface area contributed by atoms with E-state index in [-0.39, 0.29) is 6.04 Å². The number of hydrogen-bond acceptors (Lipinski definition) is 2. The molecule has 0 spiro atoms. The third-order valence-corrected chi connectivity index (χ3v) is 3.34. The Hall–Kier alpha value is -2.19. The summed E-state index contributed by atoms with van der Waals surface area (Å²) in [4.78, 5) is 4.50. The molecule has 1 heterocycles. The quantitative estimate of drug-likeness (QED) is 0.746. The molecule has 0 amide bonds. The van der Waals surface area contributed by atoms with Crippen LogP contribution in [0.15, 0.2) is 60.8 Å². The molecule has 0 radical (unpaired) electrons. The van der Waals surface area contributed by atoms with E-state index in [1.807, 2.05) is 37.4 Å². The SMILES string of the molecule is CC(N)c1cccc(-c2cnc3ccccc3c2)c1. The van der Waals surface area contributed by atoms with Crippen LogP contribution in [0.1, 0.15) is 18.5 Å². The molecular formula is C17H16N2. The summed E-state index contributed by atoms with van der Waals surface area (Å²) in [5, 5.41) is 1.16. The number of nitrogens with zero attached hydrogens (tertiary/aromatic N) is 1. The number of pyridine rings is 1. The van der Waals surface area contributed by atoms with Crippen molar-refractivity contribution in [3.8, 4) is 11.1 Å². The maximum atomic E-state index is 5.94. The van der Waals surface area contributed by atoms with Gasteiger partial charge < -0.3 is 5.73 Å². The lowest BCUT2D eigenvalue weighted by atomic mass is 10.0. The fraction of sp³-hybridized carbons (Fsp3) is 0.118. The van der Waals surface area contributed by atoms with Gasteiger partial charge in [0.2, 0.25) is 0 Å². The van der Waals surface area contributed by atoms with E-state index in [9.17, 15) is 0 Å². The standard InChI is InChI=1S/C17H16N2/c1-12(18)13-6-4-7-14(9-13)16-10-15-5-2-3-8-17(15)19-11-16/h2-12H,18H2,1H3. The van der Waals surface area contributed by atoms with Gasteiger partial charge in [-0.25, -0.2) is 0 Å². The van der Waals surface area contributed by atoms with Crippen molar-refractivity contribution >= 4 is 10.9 Å². The number of aromatic nitrogens is 1. The lowest BCUT2D eigenvalue weighted by Crippen LogP contribution is -2.04.